The molecule has 0 heterocycles. The zero-order valence-electron chi connectivity index (χ0n) is 11.7. The molecule has 2 rings (SSSR count). The molecule has 0 bridgehead atoms. The van der Waals surface area contributed by atoms with Crippen molar-refractivity contribution in [3.8, 4) is 0 Å². The third-order valence-corrected chi connectivity index (χ3v) is 3.23. The highest BCUT2D eigenvalue weighted by Crippen LogP contribution is 2.22. The molecule has 0 aliphatic heterocycles. The van der Waals surface area contributed by atoms with Crippen molar-refractivity contribution < 1.29 is 18.7 Å². The minimum Gasteiger partial charge on any atom is -0.453 e. The molecule has 1 aliphatic rings. The van der Waals surface area contributed by atoms with E-state index >= 15 is 0 Å². The molecule has 5 nitrogen and oxygen atoms in total. The van der Waals surface area contributed by atoms with Crippen LogP contribution in [-0.2, 0) is 9.53 Å². The van der Waals surface area contributed by atoms with E-state index in [4.69, 9.17) is 0 Å². The number of hydrogen-bond donors (Lipinski definition) is 2. The van der Waals surface area contributed by atoms with Gasteiger partial charge in [-0.25, -0.2) is 9.18 Å². The van der Waals surface area contributed by atoms with E-state index in [-0.39, 0.29) is 17.5 Å². The van der Waals surface area contributed by atoms with Crippen molar-refractivity contribution in [3.63, 3.8) is 0 Å². The van der Waals surface area contributed by atoms with Gasteiger partial charge in [0.15, 0.2) is 0 Å². The maximum Gasteiger partial charge on any atom is 0.411 e. The molecule has 21 heavy (non-hydrogen) atoms. The topological polar surface area (TPSA) is 67.4 Å². The fourth-order valence-electron chi connectivity index (χ4n) is 2.17. The first-order chi connectivity index (χ1) is 10.1. The fraction of sp³-hybridized carbons (Fsp3) is 0.333. The third kappa shape index (κ3) is 4.30. The summed E-state index contributed by atoms with van der Waals surface area (Å²) in [7, 11) is 1.19. The molecule has 112 valence electrons. The Morgan fingerprint density at radius 2 is 2.19 bits per heavy atom. The lowest BCUT2D eigenvalue weighted by molar-refractivity contribution is -0.116. The van der Waals surface area contributed by atoms with Crippen molar-refractivity contribution in [1.82, 2.24) is 0 Å². The smallest absolute Gasteiger partial charge is 0.411 e. The highest BCUT2D eigenvalue weighted by Gasteiger charge is 2.15. The zero-order chi connectivity index (χ0) is 15.2. The molecule has 1 aliphatic carbocycles. The molecule has 0 spiro atoms. The summed E-state index contributed by atoms with van der Waals surface area (Å²) in [5, 5.41) is 4.89. The molecule has 2 N–H and O–H groups in total. The number of amides is 2. The Bertz CT molecular complexity index is 572. The van der Waals surface area contributed by atoms with Gasteiger partial charge in [-0.15, -0.1) is 0 Å². The van der Waals surface area contributed by atoms with E-state index in [0.29, 0.717) is 12.1 Å². The second-order valence-electron chi connectivity index (χ2n) is 4.83. The average molecular weight is 292 g/mol. The molecule has 0 saturated carbocycles. The first-order valence-electron chi connectivity index (χ1n) is 6.69. The molecular weight excluding hydrogens is 275 g/mol. The Labute approximate surface area is 122 Å². The molecule has 0 aromatic heterocycles. The second kappa shape index (κ2) is 6.88. The maximum atomic E-state index is 13.8. The summed E-state index contributed by atoms with van der Waals surface area (Å²) < 4.78 is 18.2. The van der Waals surface area contributed by atoms with E-state index < -0.39 is 11.9 Å². The number of ether oxygens (including phenoxy) is 1. The number of hydrogen-bond acceptors (Lipinski definition) is 3. The van der Waals surface area contributed by atoms with E-state index in [1.54, 1.807) is 0 Å². The number of methoxy groups -OCH3 is 1. The lowest BCUT2D eigenvalue weighted by atomic mass is 10.1. The van der Waals surface area contributed by atoms with Gasteiger partial charge in [0.25, 0.3) is 0 Å². The Kier molecular flexibility index (Phi) is 4.92. The molecule has 1 aromatic carbocycles. The van der Waals surface area contributed by atoms with Crippen LogP contribution in [0.25, 0.3) is 0 Å². The molecule has 0 fully saturated rings. The summed E-state index contributed by atoms with van der Waals surface area (Å²) >= 11 is 0. The van der Waals surface area contributed by atoms with E-state index in [9.17, 15) is 14.0 Å². The monoisotopic (exact) mass is 292 g/mol. The average Bonchev–Trinajstić information content (AvgIpc) is 2.94. The van der Waals surface area contributed by atoms with Gasteiger partial charge in [0, 0.05) is 12.1 Å². The van der Waals surface area contributed by atoms with Gasteiger partial charge >= 0.3 is 6.09 Å². The minimum atomic E-state index is -0.751. The van der Waals surface area contributed by atoms with Gasteiger partial charge in [0.1, 0.15) is 5.82 Å². The van der Waals surface area contributed by atoms with Crippen LogP contribution in [0.4, 0.5) is 20.6 Å². The van der Waals surface area contributed by atoms with Crippen molar-refractivity contribution in [2.45, 2.75) is 19.3 Å². The number of rotatable bonds is 4. The van der Waals surface area contributed by atoms with Crippen LogP contribution in [-0.4, -0.2) is 19.1 Å². The summed E-state index contributed by atoms with van der Waals surface area (Å²) in [5.41, 5.74) is 0.355. The predicted octanol–water partition coefficient (Wildman–Crippen LogP) is 3.30. The summed E-state index contributed by atoms with van der Waals surface area (Å²) in [6, 6.07) is 4.06. The Morgan fingerprint density at radius 3 is 2.81 bits per heavy atom. The number of carbonyl (C=O) groups is 2. The standard InChI is InChI=1S/C15H17FN2O3/c1-21-15(20)18-13-7-6-11(9-12(13)16)17-14(19)8-10-4-2-3-5-10/h2,4,6-7,9-10H,3,5,8H2,1H3,(H,17,19)(H,18,20)/t10-/m1/s1. The van der Waals surface area contributed by atoms with Gasteiger partial charge in [0.05, 0.1) is 12.8 Å². The van der Waals surface area contributed by atoms with E-state index in [1.807, 2.05) is 6.08 Å². The highest BCUT2D eigenvalue weighted by atomic mass is 19.1. The number of carbonyl (C=O) groups excluding carboxylic acids is 2. The van der Waals surface area contributed by atoms with Gasteiger partial charge in [0.2, 0.25) is 5.91 Å². The van der Waals surface area contributed by atoms with Crippen LogP contribution in [0.3, 0.4) is 0 Å². The third-order valence-electron chi connectivity index (χ3n) is 3.23. The summed E-state index contributed by atoms with van der Waals surface area (Å²) in [4.78, 5) is 22.8. The highest BCUT2D eigenvalue weighted by molar-refractivity contribution is 5.91. The SMILES string of the molecule is COC(=O)Nc1ccc(NC(=O)C[C@@H]2C=CCC2)cc1F. The molecule has 1 atom stereocenters. The van der Waals surface area contributed by atoms with Crippen LogP contribution in [0.15, 0.2) is 30.4 Å². The number of allylic oxidation sites excluding steroid dienone is 2. The second-order valence-corrected chi connectivity index (χ2v) is 4.83. The number of anilines is 2. The first kappa shape index (κ1) is 15.0. The van der Waals surface area contributed by atoms with Gasteiger partial charge in [-0.1, -0.05) is 12.2 Å². The molecule has 6 heteroatoms. The zero-order valence-corrected chi connectivity index (χ0v) is 11.7. The van der Waals surface area contributed by atoms with Crippen LogP contribution in [0.1, 0.15) is 19.3 Å². The van der Waals surface area contributed by atoms with Crippen molar-refractivity contribution >= 4 is 23.4 Å². The summed E-state index contributed by atoms with van der Waals surface area (Å²) in [6.45, 7) is 0. The molecule has 2 amide bonds. The maximum absolute atomic E-state index is 13.8. The molecule has 0 radical (unpaired) electrons. The molecule has 0 unspecified atom stereocenters. The predicted molar refractivity (Wildman–Crippen MR) is 77.5 cm³/mol. The molecule has 1 aromatic rings. The molecular formula is C15H17FN2O3. The Morgan fingerprint density at radius 1 is 1.38 bits per heavy atom. The molecule has 0 saturated heterocycles. The number of nitrogens with one attached hydrogen (secondary N) is 2. The lowest BCUT2D eigenvalue weighted by Gasteiger charge is -2.10. The van der Waals surface area contributed by atoms with Gasteiger partial charge in [-0.05, 0) is 37.0 Å². The van der Waals surface area contributed by atoms with Crippen LogP contribution in [0.2, 0.25) is 0 Å². The van der Waals surface area contributed by atoms with Crippen LogP contribution in [0, 0.1) is 11.7 Å². The summed E-state index contributed by atoms with van der Waals surface area (Å²) in [5.74, 6) is -0.534. The van der Waals surface area contributed by atoms with Crippen molar-refractivity contribution in [1.29, 1.82) is 0 Å². The van der Waals surface area contributed by atoms with Crippen LogP contribution >= 0.6 is 0 Å². The first-order valence-corrected chi connectivity index (χ1v) is 6.69. The largest absolute Gasteiger partial charge is 0.453 e. The fourth-order valence-corrected chi connectivity index (χ4v) is 2.17. The van der Waals surface area contributed by atoms with Crippen molar-refractivity contribution in [2.75, 3.05) is 17.7 Å². The van der Waals surface area contributed by atoms with Crippen LogP contribution in [0.5, 0.6) is 0 Å². The van der Waals surface area contributed by atoms with Crippen molar-refractivity contribution in [3.05, 3.63) is 36.2 Å². The quantitative estimate of drug-likeness (QED) is 0.837. The lowest BCUT2D eigenvalue weighted by Crippen LogP contribution is -2.15. The normalized spacial score (nSPS) is 16.6. The minimum absolute atomic E-state index is 0.00132. The van der Waals surface area contributed by atoms with Crippen LogP contribution < -0.4 is 10.6 Å². The van der Waals surface area contributed by atoms with Crippen molar-refractivity contribution in [2.24, 2.45) is 5.92 Å². The van der Waals surface area contributed by atoms with E-state index in [0.717, 1.165) is 18.9 Å². The summed E-state index contributed by atoms with van der Waals surface area (Å²) in [6.07, 6.45) is 5.71. The van der Waals surface area contributed by atoms with E-state index in [2.05, 4.69) is 21.4 Å². The Balaban J connectivity index is 1.94. The van der Waals surface area contributed by atoms with Gasteiger partial charge < -0.3 is 10.1 Å². The van der Waals surface area contributed by atoms with Gasteiger partial charge in [-0.2, -0.15) is 0 Å². The number of benzene rings is 1. The number of halogens is 1. The van der Waals surface area contributed by atoms with E-state index in [1.165, 1.54) is 19.2 Å². The Hall–Kier alpha value is -2.37. The van der Waals surface area contributed by atoms with Gasteiger partial charge in [-0.3, -0.25) is 10.1 Å².